The first-order valence-electron chi connectivity index (χ1n) is 6.52. The van der Waals surface area contributed by atoms with Crippen molar-refractivity contribution in [3.05, 3.63) is 52.6 Å². The van der Waals surface area contributed by atoms with E-state index in [0.29, 0.717) is 29.8 Å². The molecule has 0 atom stereocenters. The van der Waals surface area contributed by atoms with E-state index in [-0.39, 0.29) is 11.7 Å². The molecule has 0 aliphatic carbocycles. The van der Waals surface area contributed by atoms with Crippen LogP contribution >= 0.6 is 0 Å². The summed E-state index contributed by atoms with van der Waals surface area (Å²) in [5.74, 6) is -0.403. The molecule has 0 radical (unpaired) electrons. The molecule has 0 saturated carbocycles. The second-order valence-electron chi connectivity index (χ2n) is 4.77. The molecule has 0 unspecified atom stereocenters. The van der Waals surface area contributed by atoms with Gasteiger partial charge in [0.05, 0.1) is 11.3 Å². The first kappa shape index (κ1) is 14.2. The predicted octanol–water partition coefficient (Wildman–Crippen LogP) is 2.15. The number of benzene rings is 1. The Balaban J connectivity index is 1.98. The van der Waals surface area contributed by atoms with Crippen molar-refractivity contribution in [3.8, 4) is 0 Å². The maximum Gasteiger partial charge on any atom is 0.255 e. The lowest BCUT2D eigenvalue weighted by atomic mass is 10.1. The van der Waals surface area contributed by atoms with Crippen molar-refractivity contribution in [2.24, 2.45) is 7.05 Å². The van der Waals surface area contributed by atoms with Crippen LogP contribution in [0.2, 0.25) is 0 Å². The topological polar surface area (TPSA) is 46.9 Å². The van der Waals surface area contributed by atoms with Crippen LogP contribution in [0.5, 0.6) is 0 Å². The van der Waals surface area contributed by atoms with Crippen molar-refractivity contribution in [2.45, 2.75) is 20.3 Å². The Kier molecular flexibility index (Phi) is 4.17. The van der Waals surface area contributed by atoms with Crippen LogP contribution in [0.1, 0.15) is 27.3 Å². The van der Waals surface area contributed by atoms with Crippen LogP contribution in [0.15, 0.2) is 24.3 Å². The monoisotopic (exact) mass is 275 g/mol. The molecule has 0 bridgehead atoms. The molecule has 1 N–H and O–H groups in total. The summed E-state index contributed by atoms with van der Waals surface area (Å²) in [7, 11) is 1.80. The number of rotatable bonds is 4. The molecule has 106 valence electrons. The average Bonchev–Trinajstić information content (AvgIpc) is 2.65. The lowest BCUT2D eigenvalue weighted by Crippen LogP contribution is -2.27. The summed E-state index contributed by atoms with van der Waals surface area (Å²) in [4.78, 5) is 12.1. The zero-order valence-electron chi connectivity index (χ0n) is 11.9. The predicted molar refractivity (Wildman–Crippen MR) is 75.1 cm³/mol. The number of hydrogen-bond donors (Lipinski definition) is 1. The minimum absolute atomic E-state index is 0.163. The SMILES string of the molecule is Cc1nn(C)c(C)c1C(=O)NCCc1ccccc1F. The highest BCUT2D eigenvalue weighted by atomic mass is 19.1. The zero-order valence-corrected chi connectivity index (χ0v) is 11.9. The van der Waals surface area contributed by atoms with Crippen molar-refractivity contribution < 1.29 is 9.18 Å². The van der Waals surface area contributed by atoms with Crippen molar-refractivity contribution in [3.63, 3.8) is 0 Å². The number of halogens is 1. The van der Waals surface area contributed by atoms with Crippen LogP contribution in [0.3, 0.4) is 0 Å². The van der Waals surface area contributed by atoms with Gasteiger partial charge in [0.25, 0.3) is 5.91 Å². The first-order valence-corrected chi connectivity index (χ1v) is 6.52. The molecule has 1 heterocycles. The fourth-order valence-corrected chi connectivity index (χ4v) is 2.20. The Labute approximate surface area is 117 Å². The van der Waals surface area contributed by atoms with Crippen LogP contribution in [0.4, 0.5) is 4.39 Å². The lowest BCUT2D eigenvalue weighted by molar-refractivity contribution is 0.0952. The fraction of sp³-hybridized carbons (Fsp3) is 0.333. The molecular formula is C15H18FN3O. The van der Waals surface area contributed by atoms with E-state index in [1.807, 2.05) is 6.92 Å². The Morgan fingerprint density at radius 3 is 2.65 bits per heavy atom. The van der Waals surface area contributed by atoms with Crippen molar-refractivity contribution >= 4 is 5.91 Å². The van der Waals surface area contributed by atoms with Crippen LogP contribution in [-0.2, 0) is 13.5 Å². The molecule has 1 aromatic heterocycles. The molecule has 20 heavy (non-hydrogen) atoms. The normalized spacial score (nSPS) is 10.6. The minimum atomic E-state index is -0.240. The summed E-state index contributed by atoms with van der Waals surface area (Å²) >= 11 is 0. The van der Waals surface area contributed by atoms with E-state index in [2.05, 4.69) is 10.4 Å². The van der Waals surface area contributed by atoms with Gasteiger partial charge in [-0.25, -0.2) is 4.39 Å². The van der Waals surface area contributed by atoms with Gasteiger partial charge in [0, 0.05) is 19.3 Å². The number of carbonyl (C=O) groups excluding carboxylic acids is 1. The van der Waals surface area contributed by atoms with Crippen molar-refractivity contribution in [1.29, 1.82) is 0 Å². The second kappa shape index (κ2) is 5.86. The molecule has 2 rings (SSSR count). The number of aromatic nitrogens is 2. The van der Waals surface area contributed by atoms with E-state index in [0.717, 1.165) is 5.69 Å². The highest BCUT2D eigenvalue weighted by molar-refractivity contribution is 5.96. The number of aryl methyl sites for hydroxylation is 2. The van der Waals surface area contributed by atoms with Gasteiger partial charge in [-0.05, 0) is 31.9 Å². The fourth-order valence-electron chi connectivity index (χ4n) is 2.20. The molecule has 0 saturated heterocycles. The van der Waals surface area contributed by atoms with Gasteiger partial charge in [-0.2, -0.15) is 5.10 Å². The number of carbonyl (C=O) groups is 1. The molecule has 1 aromatic carbocycles. The molecular weight excluding hydrogens is 257 g/mol. The van der Waals surface area contributed by atoms with Crippen molar-refractivity contribution in [1.82, 2.24) is 15.1 Å². The zero-order chi connectivity index (χ0) is 14.7. The third-order valence-electron chi connectivity index (χ3n) is 3.37. The van der Waals surface area contributed by atoms with Gasteiger partial charge >= 0.3 is 0 Å². The van der Waals surface area contributed by atoms with E-state index in [1.165, 1.54) is 6.07 Å². The van der Waals surface area contributed by atoms with Crippen LogP contribution in [-0.4, -0.2) is 22.2 Å². The van der Waals surface area contributed by atoms with E-state index < -0.39 is 0 Å². The summed E-state index contributed by atoms with van der Waals surface area (Å²) in [5, 5.41) is 7.02. The minimum Gasteiger partial charge on any atom is -0.352 e. The second-order valence-corrected chi connectivity index (χ2v) is 4.77. The van der Waals surface area contributed by atoms with E-state index in [4.69, 9.17) is 0 Å². The molecule has 0 aliphatic rings. The quantitative estimate of drug-likeness (QED) is 0.929. The molecule has 5 heteroatoms. The standard InChI is InChI=1S/C15H18FN3O/c1-10-14(11(2)19(3)18-10)15(20)17-9-8-12-6-4-5-7-13(12)16/h4-7H,8-9H2,1-3H3,(H,17,20). The largest absolute Gasteiger partial charge is 0.352 e. The Morgan fingerprint density at radius 1 is 1.35 bits per heavy atom. The van der Waals surface area contributed by atoms with Crippen LogP contribution in [0, 0.1) is 19.7 Å². The summed E-state index contributed by atoms with van der Waals surface area (Å²) in [6.45, 7) is 4.05. The lowest BCUT2D eigenvalue weighted by Gasteiger charge is -2.06. The maximum atomic E-state index is 13.4. The molecule has 0 aliphatic heterocycles. The Bertz CT molecular complexity index is 634. The Morgan fingerprint density at radius 2 is 2.05 bits per heavy atom. The van der Waals surface area contributed by atoms with Crippen molar-refractivity contribution in [2.75, 3.05) is 6.54 Å². The highest BCUT2D eigenvalue weighted by Gasteiger charge is 2.16. The van der Waals surface area contributed by atoms with Gasteiger partial charge in [-0.1, -0.05) is 18.2 Å². The van der Waals surface area contributed by atoms with Gasteiger partial charge in [-0.3, -0.25) is 9.48 Å². The molecule has 1 amide bonds. The summed E-state index contributed by atoms with van der Waals surface area (Å²) in [6.07, 6.45) is 0.469. The van der Waals surface area contributed by atoms with Gasteiger partial charge in [0.2, 0.25) is 0 Å². The van der Waals surface area contributed by atoms with E-state index >= 15 is 0 Å². The third-order valence-corrected chi connectivity index (χ3v) is 3.37. The average molecular weight is 275 g/mol. The van der Waals surface area contributed by atoms with E-state index in [9.17, 15) is 9.18 Å². The van der Waals surface area contributed by atoms with Gasteiger partial charge in [0.15, 0.2) is 0 Å². The molecule has 2 aromatic rings. The molecule has 0 spiro atoms. The number of hydrogen-bond acceptors (Lipinski definition) is 2. The van der Waals surface area contributed by atoms with E-state index in [1.54, 1.807) is 36.9 Å². The smallest absolute Gasteiger partial charge is 0.255 e. The highest BCUT2D eigenvalue weighted by Crippen LogP contribution is 2.11. The van der Waals surface area contributed by atoms with Crippen LogP contribution < -0.4 is 5.32 Å². The van der Waals surface area contributed by atoms with Gasteiger partial charge in [0.1, 0.15) is 5.82 Å². The number of amides is 1. The maximum absolute atomic E-state index is 13.4. The van der Waals surface area contributed by atoms with Gasteiger partial charge < -0.3 is 5.32 Å². The van der Waals surface area contributed by atoms with Crippen LogP contribution in [0.25, 0.3) is 0 Å². The van der Waals surface area contributed by atoms with Gasteiger partial charge in [-0.15, -0.1) is 0 Å². The number of nitrogens with zero attached hydrogens (tertiary/aromatic N) is 2. The Hall–Kier alpha value is -2.17. The third kappa shape index (κ3) is 2.87. The number of nitrogens with one attached hydrogen (secondary N) is 1. The summed E-state index contributed by atoms with van der Waals surface area (Å²) < 4.78 is 15.1. The summed E-state index contributed by atoms with van der Waals surface area (Å²) in [6, 6.07) is 6.59. The molecule has 4 nitrogen and oxygen atoms in total. The first-order chi connectivity index (χ1) is 9.50. The molecule has 0 fully saturated rings. The summed E-state index contributed by atoms with van der Waals surface area (Å²) in [5.41, 5.74) is 2.73.